The highest BCUT2D eigenvalue weighted by Gasteiger charge is 2.35. The minimum atomic E-state index is -4.35. The molecule has 1 amide bonds. The van der Waals surface area contributed by atoms with Crippen LogP contribution in [0.2, 0.25) is 0 Å². The summed E-state index contributed by atoms with van der Waals surface area (Å²) in [7, 11) is 0. The predicted molar refractivity (Wildman–Crippen MR) is 44.5 cm³/mol. The van der Waals surface area contributed by atoms with Crippen molar-refractivity contribution in [3.8, 4) is 0 Å². The summed E-state index contributed by atoms with van der Waals surface area (Å²) in [5, 5.41) is 1.80. The van der Waals surface area contributed by atoms with E-state index >= 15 is 0 Å². The van der Waals surface area contributed by atoms with Crippen molar-refractivity contribution in [3.05, 3.63) is 0 Å². The molecule has 0 heterocycles. The van der Waals surface area contributed by atoms with Gasteiger partial charge in [0.25, 0.3) is 0 Å². The van der Waals surface area contributed by atoms with Gasteiger partial charge in [-0.15, -0.1) is 0 Å². The van der Waals surface area contributed by atoms with Gasteiger partial charge in [-0.05, 0) is 19.3 Å². The normalized spacial score (nSPS) is 20.0. The van der Waals surface area contributed by atoms with E-state index < -0.39 is 24.2 Å². The highest BCUT2D eigenvalue weighted by atomic mass is 19.4. The topological polar surface area (TPSA) is 55.1 Å². The maximum absolute atomic E-state index is 11.7. The van der Waals surface area contributed by atoms with Crippen LogP contribution in [0.3, 0.4) is 0 Å². The highest BCUT2D eigenvalue weighted by Crippen LogP contribution is 2.31. The Morgan fingerprint density at radius 1 is 1.43 bits per heavy atom. The third-order valence-electron chi connectivity index (χ3n) is 2.35. The van der Waals surface area contributed by atoms with Gasteiger partial charge in [0.1, 0.15) is 6.54 Å². The third-order valence-corrected chi connectivity index (χ3v) is 2.35. The summed E-state index contributed by atoms with van der Waals surface area (Å²) in [6, 6.07) is 0. The third kappa shape index (κ3) is 3.53. The van der Waals surface area contributed by atoms with Crippen LogP contribution in [0, 0.1) is 0 Å². The Morgan fingerprint density at radius 3 is 2.36 bits per heavy atom. The zero-order valence-electron chi connectivity index (χ0n) is 7.66. The SMILES string of the molecule is NC1(CC(=O)NCC(F)(F)F)CCC1. The van der Waals surface area contributed by atoms with Crippen molar-refractivity contribution < 1.29 is 18.0 Å². The molecule has 0 aromatic rings. The number of halogens is 3. The van der Waals surface area contributed by atoms with Gasteiger partial charge in [-0.25, -0.2) is 0 Å². The van der Waals surface area contributed by atoms with Gasteiger partial charge < -0.3 is 11.1 Å². The first kappa shape index (κ1) is 11.3. The molecule has 1 fully saturated rings. The lowest BCUT2D eigenvalue weighted by Gasteiger charge is -2.37. The summed E-state index contributed by atoms with van der Waals surface area (Å²) in [4.78, 5) is 11.0. The van der Waals surface area contributed by atoms with Crippen molar-refractivity contribution in [2.24, 2.45) is 5.73 Å². The van der Waals surface area contributed by atoms with Crippen LogP contribution in [0.1, 0.15) is 25.7 Å². The van der Waals surface area contributed by atoms with E-state index in [4.69, 9.17) is 5.73 Å². The lowest BCUT2D eigenvalue weighted by Crippen LogP contribution is -2.50. The van der Waals surface area contributed by atoms with Gasteiger partial charge in [0.15, 0.2) is 0 Å². The molecular formula is C8H13F3N2O. The Kier molecular flexibility index (Phi) is 3.04. The van der Waals surface area contributed by atoms with Crippen molar-refractivity contribution in [2.45, 2.75) is 37.4 Å². The molecule has 1 aliphatic rings. The van der Waals surface area contributed by atoms with Crippen molar-refractivity contribution in [1.82, 2.24) is 5.32 Å². The lowest BCUT2D eigenvalue weighted by molar-refractivity contribution is -0.139. The zero-order chi connectivity index (χ0) is 10.8. The molecule has 0 radical (unpaired) electrons. The van der Waals surface area contributed by atoms with E-state index in [1.54, 1.807) is 5.32 Å². The number of carbonyl (C=O) groups excluding carboxylic acids is 1. The largest absolute Gasteiger partial charge is 0.405 e. The second-order valence-electron chi connectivity index (χ2n) is 3.78. The van der Waals surface area contributed by atoms with Crippen LogP contribution < -0.4 is 11.1 Å². The molecule has 14 heavy (non-hydrogen) atoms. The number of amides is 1. The average molecular weight is 210 g/mol. The molecule has 6 heteroatoms. The second-order valence-corrected chi connectivity index (χ2v) is 3.78. The monoisotopic (exact) mass is 210 g/mol. The molecule has 0 aliphatic heterocycles. The molecule has 0 aromatic carbocycles. The Bertz CT molecular complexity index is 223. The van der Waals surface area contributed by atoms with Crippen LogP contribution in [-0.4, -0.2) is 24.2 Å². The van der Waals surface area contributed by atoms with Crippen LogP contribution in [0.15, 0.2) is 0 Å². The van der Waals surface area contributed by atoms with E-state index in [0.717, 1.165) is 6.42 Å². The van der Waals surface area contributed by atoms with E-state index in [1.165, 1.54) is 0 Å². The number of alkyl halides is 3. The van der Waals surface area contributed by atoms with Crippen LogP contribution in [0.25, 0.3) is 0 Å². The summed E-state index contributed by atoms with van der Waals surface area (Å²) in [6.07, 6.45) is -1.98. The van der Waals surface area contributed by atoms with Gasteiger partial charge in [0.2, 0.25) is 5.91 Å². The van der Waals surface area contributed by atoms with Crippen molar-refractivity contribution in [3.63, 3.8) is 0 Å². The fraction of sp³-hybridized carbons (Fsp3) is 0.875. The maximum atomic E-state index is 11.7. The quantitative estimate of drug-likeness (QED) is 0.728. The lowest BCUT2D eigenvalue weighted by atomic mass is 9.75. The smallest absolute Gasteiger partial charge is 0.347 e. The molecule has 0 bridgehead atoms. The minimum Gasteiger partial charge on any atom is -0.347 e. The van der Waals surface area contributed by atoms with E-state index in [-0.39, 0.29) is 6.42 Å². The molecule has 0 unspecified atom stereocenters. The van der Waals surface area contributed by atoms with Crippen LogP contribution in [0.5, 0.6) is 0 Å². The molecule has 1 aliphatic carbocycles. The van der Waals surface area contributed by atoms with Gasteiger partial charge >= 0.3 is 6.18 Å². The first-order valence-electron chi connectivity index (χ1n) is 4.43. The molecule has 0 aromatic heterocycles. The molecular weight excluding hydrogens is 197 g/mol. The molecule has 3 nitrogen and oxygen atoms in total. The summed E-state index contributed by atoms with van der Waals surface area (Å²) < 4.78 is 35.1. The fourth-order valence-electron chi connectivity index (χ4n) is 1.39. The zero-order valence-corrected chi connectivity index (χ0v) is 7.66. The molecule has 3 N–H and O–H groups in total. The molecule has 0 spiro atoms. The second kappa shape index (κ2) is 3.76. The molecule has 0 atom stereocenters. The first-order valence-corrected chi connectivity index (χ1v) is 4.43. The van der Waals surface area contributed by atoms with E-state index in [0.29, 0.717) is 12.8 Å². The summed E-state index contributed by atoms with van der Waals surface area (Å²) in [6.45, 7) is -1.28. The molecule has 82 valence electrons. The van der Waals surface area contributed by atoms with Gasteiger partial charge in [0, 0.05) is 12.0 Å². The standard InChI is InChI=1S/C8H13F3N2O/c9-8(10,11)5-13-6(14)4-7(12)2-1-3-7/h1-5,12H2,(H,13,14). The van der Waals surface area contributed by atoms with Crippen LogP contribution in [0.4, 0.5) is 13.2 Å². The number of carbonyl (C=O) groups is 1. The summed E-state index contributed by atoms with van der Waals surface area (Å²) in [5.41, 5.74) is 5.14. The van der Waals surface area contributed by atoms with Gasteiger partial charge in [-0.1, -0.05) is 0 Å². The van der Waals surface area contributed by atoms with Crippen molar-refractivity contribution >= 4 is 5.91 Å². The minimum absolute atomic E-state index is 0.0108. The number of rotatable bonds is 3. The first-order chi connectivity index (χ1) is 6.31. The number of hydrogen-bond donors (Lipinski definition) is 2. The number of hydrogen-bond acceptors (Lipinski definition) is 2. The molecule has 1 rings (SSSR count). The van der Waals surface area contributed by atoms with Gasteiger partial charge in [0.05, 0.1) is 0 Å². The van der Waals surface area contributed by atoms with E-state index in [9.17, 15) is 18.0 Å². The van der Waals surface area contributed by atoms with E-state index in [1.807, 2.05) is 0 Å². The Labute approximate surface area is 79.8 Å². The Balaban J connectivity index is 2.22. The van der Waals surface area contributed by atoms with Crippen LogP contribution in [-0.2, 0) is 4.79 Å². The molecule has 1 saturated carbocycles. The Morgan fingerprint density at radius 2 is 2.00 bits per heavy atom. The Hall–Kier alpha value is -0.780. The summed E-state index contributed by atoms with van der Waals surface area (Å²) in [5.74, 6) is -0.621. The molecule has 0 saturated heterocycles. The highest BCUT2D eigenvalue weighted by molar-refractivity contribution is 5.77. The van der Waals surface area contributed by atoms with Crippen LogP contribution >= 0.6 is 0 Å². The van der Waals surface area contributed by atoms with Crippen molar-refractivity contribution in [1.29, 1.82) is 0 Å². The van der Waals surface area contributed by atoms with Gasteiger partial charge in [-0.2, -0.15) is 13.2 Å². The number of nitrogens with two attached hydrogens (primary N) is 1. The average Bonchev–Trinajstić information content (AvgIpc) is 1.97. The maximum Gasteiger partial charge on any atom is 0.405 e. The number of nitrogens with one attached hydrogen (secondary N) is 1. The fourth-order valence-corrected chi connectivity index (χ4v) is 1.39. The van der Waals surface area contributed by atoms with Crippen molar-refractivity contribution in [2.75, 3.05) is 6.54 Å². The predicted octanol–water partition coefficient (Wildman–Crippen LogP) is 0.936. The van der Waals surface area contributed by atoms with E-state index in [2.05, 4.69) is 0 Å². The summed E-state index contributed by atoms with van der Waals surface area (Å²) >= 11 is 0. The van der Waals surface area contributed by atoms with Gasteiger partial charge in [-0.3, -0.25) is 4.79 Å².